The summed E-state index contributed by atoms with van der Waals surface area (Å²) in [6, 6.07) is 13.4. The molecule has 2 saturated heterocycles. The number of fused-ring (bicyclic) bond motifs is 1. The zero-order chi connectivity index (χ0) is 17.4. The molecule has 0 saturated carbocycles. The van der Waals surface area contributed by atoms with Gasteiger partial charge in [0.05, 0.1) is 12.0 Å². The predicted molar refractivity (Wildman–Crippen MR) is 91.1 cm³/mol. The maximum absolute atomic E-state index is 12.9. The smallest absolute Gasteiger partial charge is 0.311 e. The van der Waals surface area contributed by atoms with Crippen LogP contribution in [-0.4, -0.2) is 53.2 Å². The maximum atomic E-state index is 12.9. The number of likely N-dealkylation sites (tertiary alicyclic amines) is 1. The number of aromatic nitrogens is 1. The number of nitrogens with one attached hydrogen (secondary N) is 1. The average molecular weight is 340 g/mol. The Morgan fingerprint density at radius 1 is 1.20 bits per heavy atom. The van der Waals surface area contributed by atoms with Gasteiger partial charge in [0.15, 0.2) is 0 Å². The van der Waals surface area contributed by atoms with Gasteiger partial charge in [-0.15, -0.1) is 0 Å². The minimum absolute atomic E-state index is 0.147. The first-order valence-electron chi connectivity index (χ1n) is 8.45. The summed E-state index contributed by atoms with van der Waals surface area (Å²) >= 11 is 0. The molecule has 0 bridgehead atoms. The average Bonchev–Trinajstić information content (AvgIpc) is 3.27. The van der Waals surface area contributed by atoms with Gasteiger partial charge in [-0.05, 0) is 24.1 Å². The van der Waals surface area contributed by atoms with Crippen molar-refractivity contribution in [3.05, 3.63) is 48.2 Å². The molecule has 2 fully saturated rings. The molecule has 1 aromatic heterocycles. The van der Waals surface area contributed by atoms with E-state index in [2.05, 4.69) is 4.98 Å². The summed E-state index contributed by atoms with van der Waals surface area (Å²) in [6.45, 7) is 1.50. The summed E-state index contributed by atoms with van der Waals surface area (Å²) in [7, 11) is 0. The molecule has 2 atom stereocenters. The maximum Gasteiger partial charge on any atom is 0.311 e. The highest BCUT2D eigenvalue weighted by atomic mass is 16.5. The molecule has 4 rings (SSSR count). The zero-order valence-corrected chi connectivity index (χ0v) is 13.8. The molecule has 0 radical (unpaired) electrons. The highest BCUT2D eigenvalue weighted by Crippen LogP contribution is 2.42. The lowest BCUT2D eigenvalue weighted by Crippen LogP contribution is -2.45. The highest BCUT2D eigenvalue weighted by Gasteiger charge is 2.55. The van der Waals surface area contributed by atoms with Crippen molar-refractivity contribution in [3.8, 4) is 11.3 Å². The van der Waals surface area contributed by atoms with E-state index in [0.717, 1.165) is 11.3 Å². The van der Waals surface area contributed by atoms with Gasteiger partial charge in [-0.1, -0.05) is 30.3 Å². The number of ether oxygens (including phenoxy) is 1. The molecule has 2 aliphatic rings. The van der Waals surface area contributed by atoms with Crippen LogP contribution in [0.5, 0.6) is 0 Å². The molecular formula is C19H20N2O4. The van der Waals surface area contributed by atoms with Crippen molar-refractivity contribution in [2.75, 3.05) is 26.3 Å². The number of amides is 1. The number of aliphatic carboxylic acids is 1. The van der Waals surface area contributed by atoms with Gasteiger partial charge in [-0.25, -0.2) is 0 Å². The van der Waals surface area contributed by atoms with Crippen molar-refractivity contribution in [2.24, 2.45) is 11.3 Å². The lowest BCUT2D eigenvalue weighted by Gasteiger charge is -2.33. The van der Waals surface area contributed by atoms with Crippen LogP contribution in [0.2, 0.25) is 0 Å². The number of nitrogens with zero attached hydrogens (tertiary/aromatic N) is 1. The van der Waals surface area contributed by atoms with Crippen LogP contribution in [0.4, 0.5) is 0 Å². The van der Waals surface area contributed by atoms with Crippen molar-refractivity contribution in [2.45, 2.75) is 6.42 Å². The molecular weight excluding hydrogens is 320 g/mol. The lowest BCUT2D eigenvalue weighted by molar-refractivity contribution is -0.157. The number of H-pyrrole nitrogens is 1. The van der Waals surface area contributed by atoms with Gasteiger partial charge in [0.1, 0.15) is 5.69 Å². The van der Waals surface area contributed by atoms with E-state index in [-0.39, 0.29) is 18.4 Å². The van der Waals surface area contributed by atoms with Crippen LogP contribution in [-0.2, 0) is 9.53 Å². The summed E-state index contributed by atoms with van der Waals surface area (Å²) in [6.07, 6.45) is 0.455. The predicted octanol–water partition coefficient (Wildman–Crippen LogP) is 2.25. The topological polar surface area (TPSA) is 82.6 Å². The van der Waals surface area contributed by atoms with Crippen molar-refractivity contribution >= 4 is 11.9 Å². The molecule has 1 aromatic carbocycles. The van der Waals surface area contributed by atoms with E-state index in [4.69, 9.17) is 4.74 Å². The Labute approximate surface area is 145 Å². The Balaban J connectivity index is 1.56. The van der Waals surface area contributed by atoms with Crippen LogP contribution in [0, 0.1) is 11.3 Å². The van der Waals surface area contributed by atoms with E-state index >= 15 is 0 Å². The monoisotopic (exact) mass is 340 g/mol. The molecule has 6 nitrogen and oxygen atoms in total. The molecule has 3 heterocycles. The van der Waals surface area contributed by atoms with Crippen LogP contribution in [0.1, 0.15) is 16.9 Å². The van der Waals surface area contributed by atoms with Crippen molar-refractivity contribution in [1.29, 1.82) is 0 Å². The van der Waals surface area contributed by atoms with Crippen LogP contribution in [0.25, 0.3) is 11.3 Å². The second-order valence-electron chi connectivity index (χ2n) is 6.82. The number of benzene rings is 1. The van der Waals surface area contributed by atoms with E-state index in [1.54, 1.807) is 11.0 Å². The quantitative estimate of drug-likeness (QED) is 0.898. The number of carboxylic acid groups (broad SMARTS) is 1. The van der Waals surface area contributed by atoms with Gasteiger partial charge in [0.25, 0.3) is 5.91 Å². The summed E-state index contributed by atoms with van der Waals surface area (Å²) < 4.78 is 5.45. The zero-order valence-electron chi connectivity index (χ0n) is 13.8. The fourth-order valence-electron chi connectivity index (χ4n) is 3.93. The molecule has 2 aliphatic heterocycles. The fraction of sp³-hybridized carbons (Fsp3) is 0.368. The first kappa shape index (κ1) is 15.9. The van der Waals surface area contributed by atoms with Gasteiger partial charge < -0.3 is 19.7 Å². The number of carboxylic acids is 1. The minimum atomic E-state index is -0.872. The molecule has 2 N–H and O–H groups in total. The third kappa shape index (κ3) is 2.62. The molecule has 0 unspecified atom stereocenters. The Hall–Kier alpha value is -2.60. The summed E-state index contributed by atoms with van der Waals surface area (Å²) in [4.78, 5) is 29.5. The lowest BCUT2D eigenvalue weighted by atomic mass is 9.74. The molecule has 6 heteroatoms. The fourth-order valence-corrected chi connectivity index (χ4v) is 3.93. The SMILES string of the molecule is O=C(c1ccc(-c2ccccc2)[nH]1)N1C[C@H]2COCC[C@@]2(C(=O)O)C1. The van der Waals surface area contributed by atoms with Gasteiger partial charge in [0, 0.05) is 31.3 Å². The van der Waals surface area contributed by atoms with Gasteiger partial charge in [-0.2, -0.15) is 0 Å². The Morgan fingerprint density at radius 3 is 2.72 bits per heavy atom. The Morgan fingerprint density at radius 2 is 2.00 bits per heavy atom. The van der Waals surface area contributed by atoms with Crippen LogP contribution in [0.3, 0.4) is 0 Å². The molecule has 2 aromatic rings. The standard InChI is InChI=1S/C19H20N2O4/c22-17(16-7-6-15(20-16)13-4-2-1-3-5-13)21-10-14-11-25-9-8-19(14,12-21)18(23)24/h1-7,14,20H,8-12H2,(H,23,24)/t14-,19+/m0/s1. The number of aromatic amines is 1. The van der Waals surface area contributed by atoms with Crippen molar-refractivity contribution < 1.29 is 19.4 Å². The van der Waals surface area contributed by atoms with Crippen molar-refractivity contribution in [1.82, 2.24) is 9.88 Å². The third-order valence-corrected chi connectivity index (χ3v) is 5.42. The molecule has 0 spiro atoms. The van der Waals surface area contributed by atoms with Gasteiger partial charge in [0.2, 0.25) is 0 Å². The van der Waals surface area contributed by atoms with Crippen LogP contribution in [0.15, 0.2) is 42.5 Å². The van der Waals surface area contributed by atoms with E-state index < -0.39 is 11.4 Å². The first-order valence-corrected chi connectivity index (χ1v) is 8.45. The summed E-state index contributed by atoms with van der Waals surface area (Å²) in [5.41, 5.74) is 1.49. The normalized spacial score (nSPS) is 25.6. The van der Waals surface area contributed by atoms with Crippen LogP contribution < -0.4 is 0 Å². The number of hydrogen-bond acceptors (Lipinski definition) is 3. The van der Waals surface area contributed by atoms with E-state index in [1.807, 2.05) is 36.4 Å². The number of carbonyl (C=O) groups excluding carboxylic acids is 1. The van der Waals surface area contributed by atoms with E-state index in [9.17, 15) is 14.7 Å². The molecule has 0 aliphatic carbocycles. The van der Waals surface area contributed by atoms with Gasteiger partial charge in [-0.3, -0.25) is 9.59 Å². The molecule has 25 heavy (non-hydrogen) atoms. The second kappa shape index (κ2) is 6.04. The molecule has 130 valence electrons. The minimum Gasteiger partial charge on any atom is -0.481 e. The molecule has 1 amide bonds. The first-order chi connectivity index (χ1) is 12.1. The third-order valence-electron chi connectivity index (χ3n) is 5.42. The largest absolute Gasteiger partial charge is 0.481 e. The Bertz CT molecular complexity index is 801. The highest BCUT2D eigenvalue weighted by molar-refractivity contribution is 5.94. The number of rotatable bonds is 3. The summed E-state index contributed by atoms with van der Waals surface area (Å²) in [5, 5.41) is 9.72. The number of hydrogen-bond donors (Lipinski definition) is 2. The number of carbonyl (C=O) groups is 2. The summed E-state index contributed by atoms with van der Waals surface area (Å²) in [5.74, 6) is -1.13. The van der Waals surface area contributed by atoms with Crippen molar-refractivity contribution in [3.63, 3.8) is 0 Å². The van der Waals surface area contributed by atoms with Crippen LogP contribution >= 0.6 is 0 Å². The van der Waals surface area contributed by atoms with E-state index in [1.165, 1.54) is 0 Å². The van der Waals surface area contributed by atoms with Gasteiger partial charge >= 0.3 is 5.97 Å². The van der Waals surface area contributed by atoms with E-state index in [0.29, 0.717) is 31.9 Å². The second-order valence-corrected chi connectivity index (χ2v) is 6.82. The Kier molecular flexibility index (Phi) is 3.84.